The van der Waals surface area contributed by atoms with Crippen LogP contribution in [0.1, 0.15) is 0 Å². The topological polar surface area (TPSA) is 0 Å². The van der Waals surface area contributed by atoms with Crippen molar-refractivity contribution in [2.75, 3.05) is 0 Å². The van der Waals surface area contributed by atoms with E-state index in [1.54, 1.807) is 0 Å². The van der Waals surface area contributed by atoms with E-state index < -0.39 is 0 Å². The molecule has 0 aromatic heterocycles. The molecule has 0 nitrogen and oxygen atoms in total. The summed E-state index contributed by atoms with van der Waals surface area (Å²) in [6.45, 7) is 0. The molecule has 0 saturated heterocycles. The summed E-state index contributed by atoms with van der Waals surface area (Å²) in [4.78, 5) is 0. The Hall–Kier alpha value is 2.18. The molecule has 0 aromatic carbocycles. The summed E-state index contributed by atoms with van der Waals surface area (Å²) in [6, 6.07) is 0. The van der Waals surface area contributed by atoms with Crippen molar-refractivity contribution < 1.29 is 33.9 Å². The Morgan fingerprint density at radius 1 is 1.25 bits per heavy atom. The van der Waals surface area contributed by atoms with E-state index in [1.807, 2.05) is 0 Å². The van der Waals surface area contributed by atoms with Crippen molar-refractivity contribution in [2.45, 2.75) is 0 Å². The van der Waals surface area contributed by atoms with Crippen LogP contribution in [0.4, 0.5) is 0 Å². The van der Waals surface area contributed by atoms with Crippen molar-refractivity contribution in [3.63, 3.8) is 0 Å². The average Bonchev–Trinajstić information content (AvgIpc) is 1.00. The first-order valence-electron chi connectivity index (χ1n) is 0.123. The molecule has 0 aliphatic carbocycles. The van der Waals surface area contributed by atoms with Crippen molar-refractivity contribution in [1.29, 1.82) is 0 Å². The quantitative estimate of drug-likeness (QED) is 0.539. The molecule has 0 radical (unpaired) electrons. The minimum Gasteiger partial charge on any atom is 0 e. The molecular weight excluding hydrogens is 283 g/mol. The van der Waals surface area contributed by atoms with Crippen LogP contribution in [0.15, 0.2) is 0 Å². The normalized spacial score (nSPS) is 1.50. The number of hydrogen-bond acceptors (Lipinski definition) is 1. The molecule has 0 saturated carbocycles. The van der Waals surface area contributed by atoms with Crippen molar-refractivity contribution in [1.82, 2.24) is 0 Å². The van der Waals surface area contributed by atoms with E-state index in [0.29, 0.717) is 0 Å². The van der Waals surface area contributed by atoms with Gasteiger partial charge in [-0.15, -0.1) is 0 Å². The second kappa shape index (κ2) is 19.0. The molecule has 0 heterocycles. The molecule has 4 heteroatoms. The van der Waals surface area contributed by atoms with Gasteiger partial charge in [-0.25, -0.2) is 0 Å². The smallest absolute Gasteiger partial charge is 0 e. The Bertz CT molecular complexity index is 8.00. The Kier molecular flexibility index (Phi) is 78.0. The average molecular weight is 286 g/mol. The molecule has 0 aromatic rings. The first-order valence-corrected chi connectivity index (χ1v) is 1.52. The van der Waals surface area contributed by atoms with E-state index in [9.17, 15) is 0 Å². The Morgan fingerprint density at radius 3 is 1.25 bits per heavy atom. The Balaban J connectivity index is -0.00000000500. The third-order valence-corrected chi connectivity index (χ3v) is 0. The van der Waals surface area contributed by atoms with Crippen LogP contribution in [0.5, 0.6) is 0 Å². The molecule has 0 atom stereocenters. The zero-order chi connectivity index (χ0) is 2.00. The third kappa shape index (κ3) is 8.89. The van der Waals surface area contributed by atoms with Crippen molar-refractivity contribution in [3.05, 3.63) is 0 Å². The van der Waals surface area contributed by atoms with Crippen LogP contribution in [-0.2, 0) is 33.9 Å². The van der Waals surface area contributed by atoms with Crippen LogP contribution in [0.3, 0.4) is 0 Å². The molecule has 0 spiro atoms. The molecule has 0 N–H and O–H groups in total. The summed E-state index contributed by atoms with van der Waals surface area (Å²) < 4.78 is 0. The van der Waals surface area contributed by atoms with Gasteiger partial charge in [0, 0.05) is 19.5 Å². The Labute approximate surface area is 68.0 Å². The maximum Gasteiger partial charge on any atom is 0 e. The molecular formula is H3CuSSbZn. The second-order valence-electron chi connectivity index (χ2n) is 0. The zero-order valence-corrected chi connectivity index (χ0v) is 10.9. The van der Waals surface area contributed by atoms with Crippen LogP contribution in [-0.4, -0.2) is 24.4 Å². The molecule has 0 rings (SSSR count). The first-order chi connectivity index (χ1) is 1.00. The van der Waals surface area contributed by atoms with E-state index in [2.05, 4.69) is 24.9 Å². The van der Waals surface area contributed by atoms with Crippen LogP contribution in [0.2, 0.25) is 0 Å². The van der Waals surface area contributed by atoms with Crippen molar-refractivity contribution in [2.24, 2.45) is 0 Å². The fourth-order valence-corrected chi connectivity index (χ4v) is 0. The van der Waals surface area contributed by atoms with Gasteiger partial charge in [0.05, 0.1) is 0 Å². The molecule has 27 valence electrons. The van der Waals surface area contributed by atoms with Gasteiger partial charge in [0.2, 0.25) is 0 Å². The standard InChI is InChI=1S/Cu.S.Sb.Zn.3H. The number of hydrogen-bond donors (Lipinski definition) is 0. The van der Waals surface area contributed by atoms with Crippen LogP contribution in [0, 0.1) is 0 Å². The predicted molar refractivity (Wildman–Crippen MR) is 17.5 cm³/mol. The van der Waals surface area contributed by atoms with Gasteiger partial charge in [-0.1, -0.05) is 0 Å². The van der Waals surface area contributed by atoms with Gasteiger partial charge in [0.15, 0.2) is 0 Å². The van der Waals surface area contributed by atoms with Crippen molar-refractivity contribution >= 4 is 35.0 Å². The van der Waals surface area contributed by atoms with Crippen LogP contribution < -0.4 is 0 Å². The molecule has 0 amide bonds. The first kappa shape index (κ1) is 16.4. The van der Waals surface area contributed by atoms with E-state index in [0.717, 1.165) is 0 Å². The minimum absolute atomic E-state index is 0. The van der Waals surface area contributed by atoms with Crippen molar-refractivity contribution in [3.8, 4) is 0 Å². The van der Waals surface area contributed by atoms with E-state index in [1.165, 1.54) is 0 Å². The van der Waals surface area contributed by atoms with Gasteiger partial charge in [-0.2, -0.15) is 0 Å². The molecule has 0 bridgehead atoms. The maximum absolute atomic E-state index is 3.77. The van der Waals surface area contributed by atoms with E-state index >= 15 is 0 Å². The zero-order valence-electron chi connectivity index (χ0n) is 2.12. The summed E-state index contributed by atoms with van der Waals surface area (Å²) in [7, 11) is 3.65. The van der Waals surface area contributed by atoms with Gasteiger partial charge in [-0.3, -0.25) is 0 Å². The predicted octanol–water partition coefficient (Wildman–Crippen LogP) is -0.541. The summed E-state index contributed by atoms with van der Waals surface area (Å²) in [5, 5.41) is 0. The molecule has 0 aliphatic rings. The second-order valence-corrected chi connectivity index (χ2v) is 0. The van der Waals surface area contributed by atoms with Gasteiger partial charge >= 0.3 is 49.4 Å². The largest absolute Gasteiger partial charge is 0 e. The van der Waals surface area contributed by atoms with Crippen LogP contribution in [0.25, 0.3) is 0 Å². The van der Waals surface area contributed by atoms with Gasteiger partial charge < -0.3 is 0 Å². The summed E-state index contributed by atoms with van der Waals surface area (Å²) >= 11 is 3.77. The summed E-state index contributed by atoms with van der Waals surface area (Å²) in [6.07, 6.45) is 0. The molecule has 0 aliphatic heterocycles. The summed E-state index contributed by atoms with van der Waals surface area (Å²) in [5.74, 6) is 0. The van der Waals surface area contributed by atoms with E-state index in [-0.39, 0.29) is 43.9 Å². The fraction of sp³-hybridized carbons (Fsp3) is 0. The summed E-state index contributed by atoms with van der Waals surface area (Å²) in [5.41, 5.74) is 0. The molecule has 4 heavy (non-hydrogen) atoms. The van der Waals surface area contributed by atoms with Gasteiger partial charge in [-0.05, 0) is 0 Å². The fourth-order valence-electron chi connectivity index (χ4n) is 0. The third-order valence-electron chi connectivity index (χ3n) is 0. The van der Waals surface area contributed by atoms with E-state index in [4.69, 9.17) is 0 Å². The van der Waals surface area contributed by atoms with Gasteiger partial charge in [0.25, 0.3) is 0 Å². The minimum atomic E-state index is 0. The molecule has 0 unspecified atom stereocenters. The maximum atomic E-state index is 3.77. The molecule has 0 fully saturated rings. The van der Waals surface area contributed by atoms with Gasteiger partial charge in [0.1, 0.15) is 0 Å². The monoisotopic (exact) mass is 283 g/mol. The number of rotatable bonds is 0. The SMILES string of the molecule is [S]=[Cu].[SbH3].[Zn]. The Morgan fingerprint density at radius 2 is 1.25 bits per heavy atom. The van der Waals surface area contributed by atoms with Crippen LogP contribution >= 0.6 is 10.6 Å².